The number of sulfonamides is 1. The maximum Gasteiger partial charge on any atom is 0.340 e. The second kappa shape index (κ2) is 4.46. The normalized spacial score (nSPS) is 12.6. The van der Waals surface area contributed by atoms with E-state index < -0.39 is 21.0 Å². The molecule has 0 bridgehead atoms. The van der Waals surface area contributed by atoms with Crippen LogP contribution in [-0.2, 0) is 10.0 Å². The van der Waals surface area contributed by atoms with Crippen LogP contribution in [0.2, 0.25) is 0 Å². The zero-order chi connectivity index (χ0) is 13.3. The van der Waals surface area contributed by atoms with Gasteiger partial charge in [-0.3, -0.25) is 5.10 Å². The van der Waals surface area contributed by atoms with Gasteiger partial charge in [0.15, 0.2) is 5.03 Å². The number of H-pyrrole nitrogens is 1. The molecule has 0 unspecified atom stereocenters. The van der Waals surface area contributed by atoms with Crippen LogP contribution >= 0.6 is 0 Å². The molecule has 0 saturated carbocycles. The van der Waals surface area contributed by atoms with Gasteiger partial charge in [0.2, 0.25) is 0 Å². The van der Waals surface area contributed by atoms with E-state index >= 15 is 0 Å². The van der Waals surface area contributed by atoms with Crippen LogP contribution in [0.25, 0.3) is 0 Å². The van der Waals surface area contributed by atoms with Crippen molar-refractivity contribution < 1.29 is 18.3 Å². The van der Waals surface area contributed by atoms with Gasteiger partial charge in [-0.15, -0.1) is 0 Å². The van der Waals surface area contributed by atoms with Crippen molar-refractivity contribution in [3.8, 4) is 0 Å². The van der Waals surface area contributed by atoms with E-state index in [1.54, 1.807) is 0 Å². The van der Waals surface area contributed by atoms with Gasteiger partial charge in [-0.1, -0.05) is 20.8 Å². The monoisotopic (exact) mass is 261 g/mol. The van der Waals surface area contributed by atoms with Gasteiger partial charge in [0, 0.05) is 6.54 Å². The standard InChI is InChI=1S/C9H15N3O4S/c1-9(2,3)5-11-17(15,16)7-6(8(13)14)4-10-12-7/h4,11H,5H2,1-3H3,(H,10,12)(H,13,14). The molecule has 0 aliphatic heterocycles. The minimum Gasteiger partial charge on any atom is -0.478 e. The van der Waals surface area contributed by atoms with Crippen molar-refractivity contribution in [2.75, 3.05) is 6.54 Å². The highest BCUT2D eigenvalue weighted by atomic mass is 32.2. The van der Waals surface area contributed by atoms with Crippen LogP contribution < -0.4 is 4.72 Å². The molecule has 0 spiro atoms. The molecule has 1 aromatic rings. The zero-order valence-electron chi connectivity index (χ0n) is 9.81. The van der Waals surface area contributed by atoms with Gasteiger partial charge in [-0.05, 0) is 5.41 Å². The highest BCUT2D eigenvalue weighted by Crippen LogP contribution is 2.15. The fourth-order valence-corrected chi connectivity index (χ4v) is 2.38. The molecule has 3 N–H and O–H groups in total. The molecular formula is C9H15N3O4S. The van der Waals surface area contributed by atoms with E-state index in [0.29, 0.717) is 0 Å². The van der Waals surface area contributed by atoms with Crippen LogP contribution in [0.5, 0.6) is 0 Å². The molecule has 0 fully saturated rings. The molecule has 96 valence electrons. The van der Waals surface area contributed by atoms with Crippen LogP contribution in [0.3, 0.4) is 0 Å². The van der Waals surface area contributed by atoms with E-state index in [0.717, 1.165) is 6.20 Å². The van der Waals surface area contributed by atoms with Gasteiger partial charge in [0.1, 0.15) is 5.56 Å². The minimum absolute atomic E-state index is 0.202. The third-order valence-corrected chi connectivity index (χ3v) is 3.27. The number of aromatic nitrogens is 2. The summed E-state index contributed by atoms with van der Waals surface area (Å²) in [5.41, 5.74) is -0.609. The molecule has 1 heterocycles. The van der Waals surface area contributed by atoms with Crippen molar-refractivity contribution in [3.05, 3.63) is 11.8 Å². The Morgan fingerprint density at radius 3 is 2.59 bits per heavy atom. The lowest BCUT2D eigenvalue weighted by atomic mass is 9.98. The summed E-state index contributed by atoms with van der Waals surface area (Å²) in [6, 6.07) is 0. The first-order valence-corrected chi connectivity index (χ1v) is 6.38. The first kappa shape index (κ1) is 13.7. The van der Waals surface area contributed by atoms with Gasteiger partial charge in [0.05, 0.1) is 6.20 Å². The summed E-state index contributed by atoms with van der Waals surface area (Å²) < 4.78 is 26.0. The van der Waals surface area contributed by atoms with Crippen molar-refractivity contribution in [2.45, 2.75) is 25.8 Å². The maximum atomic E-state index is 11.8. The van der Waals surface area contributed by atoms with E-state index in [9.17, 15) is 13.2 Å². The molecule has 0 amide bonds. The number of nitrogens with one attached hydrogen (secondary N) is 2. The van der Waals surface area contributed by atoms with Gasteiger partial charge >= 0.3 is 5.97 Å². The van der Waals surface area contributed by atoms with Gasteiger partial charge in [0.25, 0.3) is 10.0 Å². The molecular weight excluding hydrogens is 246 g/mol. The zero-order valence-corrected chi connectivity index (χ0v) is 10.6. The quantitative estimate of drug-likeness (QED) is 0.727. The molecule has 0 radical (unpaired) electrons. The maximum absolute atomic E-state index is 11.8. The molecule has 1 rings (SSSR count). The van der Waals surface area contributed by atoms with E-state index in [4.69, 9.17) is 5.11 Å². The summed E-state index contributed by atoms with van der Waals surface area (Å²) in [5.74, 6) is -1.34. The minimum atomic E-state index is -3.87. The van der Waals surface area contributed by atoms with E-state index in [1.165, 1.54) is 0 Å². The number of carbonyl (C=O) groups is 1. The third-order valence-electron chi connectivity index (χ3n) is 1.90. The van der Waals surface area contributed by atoms with Crippen molar-refractivity contribution in [1.82, 2.24) is 14.9 Å². The number of nitrogens with zero attached hydrogens (tertiary/aromatic N) is 1. The predicted molar refractivity (Wildman–Crippen MR) is 60.2 cm³/mol. The first-order chi connectivity index (χ1) is 7.63. The first-order valence-electron chi connectivity index (χ1n) is 4.90. The molecule has 17 heavy (non-hydrogen) atoms. The Labute approximate surface area is 99.3 Å². The molecule has 8 heteroatoms. The number of carboxylic acids is 1. The van der Waals surface area contributed by atoms with E-state index in [2.05, 4.69) is 14.9 Å². The molecule has 0 aromatic carbocycles. The number of aromatic amines is 1. The number of aromatic carboxylic acids is 1. The number of hydrogen-bond acceptors (Lipinski definition) is 4. The Morgan fingerprint density at radius 1 is 1.53 bits per heavy atom. The Balaban J connectivity index is 2.98. The SMILES string of the molecule is CC(C)(C)CNS(=O)(=O)c1[nH]ncc1C(=O)O. The number of carboxylic acid groups (broad SMARTS) is 1. The molecule has 0 aliphatic carbocycles. The summed E-state index contributed by atoms with van der Waals surface area (Å²) in [4.78, 5) is 10.8. The molecule has 0 saturated heterocycles. The topological polar surface area (TPSA) is 112 Å². The second-order valence-electron chi connectivity index (χ2n) is 4.80. The lowest BCUT2D eigenvalue weighted by Crippen LogP contribution is -2.33. The van der Waals surface area contributed by atoms with Crippen LogP contribution in [0.4, 0.5) is 0 Å². The van der Waals surface area contributed by atoms with Crippen LogP contribution in [0, 0.1) is 5.41 Å². The third kappa shape index (κ3) is 3.53. The lowest BCUT2D eigenvalue weighted by molar-refractivity contribution is 0.0692. The number of hydrogen-bond donors (Lipinski definition) is 3. The largest absolute Gasteiger partial charge is 0.478 e. The van der Waals surface area contributed by atoms with Crippen molar-refractivity contribution in [2.24, 2.45) is 5.41 Å². The molecule has 0 aliphatic rings. The fourth-order valence-electron chi connectivity index (χ4n) is 1.02. The van der Waals surface area contributed by atoms with Crippen LogP contribution in [0.15, 0.2) is 11.2 Å². The van der Waals surface area contributed by atoms with E-state index in [-0.39, 0.29) is 17.5 Å². The summed E-state index contributed by atoms with van der Waals surface area (Å²) in [5, 5.41) is 14.0. The summed E-state index contributed by atoms with van der Waals surface area (Å²) in [6.45, 7) is 5.79. The van der Waals surface area contributed by atoms with Gasteiger partial charge < -0.3 is 5.11 Å². The Hall–Kier alpha value is -1.41. The fraction of sp³-hybridized carbons (Fsp3) is 0.556. The summed E-state index contributed by atoms with van der Waals surface area (Å²) in [7, 11) is -3.87. The molecule has 0 atom stereocenters. The average molecular weight is 261 g/mol. The van der Waals surface area contributed by atoms with Gasteiger partial charge in [-0.25, -0.2) is 17.9 Å². The predicted octanol–water partition coefficient (Wildman–Crippen LogP) is 0.432. The smallest absolute Gasteiger partial charge is 0.340 e. The Morgan fingerprint density at radius 2 is 2.12 bits per heavy atom. The Kier molecular flexibility index (Phi) is 3.58. The lowest BCUT2D eigenvalue weighted by Gasteiger charge is -2.18. The van der Waals surface area contributed by atoms with Crippen molar-refractivity contribution >= 4 is 16.0 Å². The highest BCUT2D eigenvalue weighted by Gasteiger charge is 2.26. The van der Waals surface area contributed by atoms with E-state index in [1.807, 2.05) is 20.8 Å². The highest BCUT2D eigenvalue weighted by molar-refractivity contribution is 7.89. The van der Waals surface area contributed by atoms with Gasteiger partial charge in [-0.2, -0.15) is 5.10 Å². The second-order valence-corrected chi connectivity index (χ2v) is 6.51. The van der Waals surface area contributed by atoms with Crippen LogP contribution in [-0.4, -0.2) is 36.2 Å². The van der Waals surface area contributed by atoms with Crippen molar-refractivity contribution in [1.29, 1.82) is 0 Å². The number of rotatable bonds is 4. The van der Waals surface area contributed by atoms with Crippen molar-refractivity contribution in [3.63, 3.8) is 0 Å². The Bertz CT molecular complexity index is 513. The molecule has 7 nitrogen and oxygen atoms in total. The molecule has 1 aromatic heterocycles. The summed E-state index contributed by atoms with van der Waals surface area (Å²) >= 11 is 0. The average Bonchev–Trinajstić information content (AvgIpc) is 2.62. The summed E-state index contributed by atoms with van der Waals surface area (Å²) in [6.07, 6.45) is 0.966. The van der Waals surface area contributed by atoms with Crippen LogP contribution in [0.1, 0.15) is 31.1 Å².